The summed E-state index contributed by atoms with van der Waals surface area (Å²) in [6, 6.07) is 6.20. The van der Waals surface area contributed by atoms with Gasteiger partial charge >= 0.3 is 6.47 Å². The molecule has 10 heteroatoms. The molecule has 0 spiro atoms. The maximum Gasteiger partial charge on any atom is 0.320 e. The molecule has 0 radical (unpaired) electrons. The van der Waals surface area contributed by atoms with Gasteiger partial charge in [0.2, 0.25) is 0 Å². The van der Waals surface area contributed by atoms with Crippen LogP contribution in [0.15, 0.2) is 28.8 Å². The predicted octanol–water partition coefficient (Wildman–Crippen LogP) is 2.20. The number of carbonyl (C=O) groups excluding carboxylic acids is 2. The number of hydrogen-bond acceptors (Lipinski definition) is 9. The van der Waals surface area contributed by atoms with Gasteiger partial charge in [0, 0.05) is 37.3 Å². The van der Waals surface area contributed by atoms with Gasteiger partial charge in [-0.2, -0.15) is 5.06 Å². The van der Waals surface area contributed by atoms with Gasteiger partial charge in [0.25, 0.3) is 5.91 Å². The fraction of sp³-hybridized carbons (Fsp3) is 0.565. The topological polar surface area (TPSA) is 77.6 Å². The van der Waals surface area contributed by atoms with Crippen molar-refractivity contribution in [3.8, 4) is 5.75 Å². The molecular weight excluding hydrogens is 442 g/mol. The van der Waals surface area contributed by atoms with Crippen LogP contribution in [0.4, 0.5) is 11.4 Å². The maximum absolute atomic E-state index is 12.8. The van der Waals surface area contributed by atoms with Crippen molar-refractivity contribution < 1.29 is 19.2 Å². The number of carbonyl (C=O) groups is 2. The minimum atomic E-state index is -0.412. The first-order valence-electron chi connectivity index (χ1n) is 11.2. The average Bonchev–Trinajstić information content (AvgIpc) is 3.10. The highest BCUT2D eigenvalue weighted by molar-refractivity contribution is 8.04. The first kappa shape index (κ1) is 23.6. The van der Waals surface area contributed by atoms with Crippen LogP contribution in [0.5, 0.6) is 5.75 Å². The first-order valence-corrected chi connectivity index (χ1v) is 12.1. The van der Waals surface area contributed by atoms with E-state index < -0.39 is 5.54 Å². The smallest absolute Gasteiger partial charge is 0.320 e. The van der Waals surface area contributed by atoms with E-state index in [1.165, 1.54) is 11.8 Å². The zero-order valence-corrected chi connectivity index (χ0v) is 20.8. The Balaban J connectivity index is 1.56. The number of rotatable bonds is 8. The minimum absolute atomic E-state index is 0.128. The number of ether oxygens (including phenoxy) is 1. The fourth-order valence-electron chi connectivity index (χ4n) is 4.43. The zero-order chi connectivity index (χ0) is 23.8. The molecule has 0 aliphatic carbocycles. The Labute approximate surface area is 199 Å². The molecule has 180 valence electrons. The number of hydrogen-bond donors (Lipinski definition) is 1. The van der Waals surface area contributed by atoms with Crippen molar-refractivity contribution in [1.29, 1.82) is 0 Å². The van der Waals surface area contributed by atoms with Gasteiger partial charge in [-0.1, -0.05) is 11.8 Å². The molecule has 1 amide bonds. The van der Waals surface area contributed by atoms with Crippen LogP contribution in [0.1, 0.15) is 26.7 Å². The van der Waals surface area contributed by atoms with Crippen LogP contribution in [-0.4, -0.2) is 80.8 Å². The van der Waals surface area contributed by atoms with E-state index in [9.17, 15) is 9.59 Å². The fourth-order valence-corrected chi connectivity index (χ4v) is 5.71. The van der Waals surface area contributed by atoms with Gasteiger partial charge in [-0.15, -0.1) is 0 Å². The summed E-state index contributed by atoms with van der Waals surface area (Å²) in [5.41, 5.74) is 1.98. The Hall–Kier alpha value is -2.59. The van der Waals surface area contributed by atoms with E-state index in [1.807, 2.05) is 19.9 Å². The summed E-state index contributed by atoms with van der Waals surface area (Å²) in [6.07, 6.45) is 1.65. The molecule has 1 unspecified atom stereocenters. The van der Waals surface area contributed by atoms with Gasteiger partial charge in [0.05, 0.1) is 22.8 Å². The lowest BCUT2D eigenvalue weighted by atomic mass is 9.94. The van der Waals surface area contributed by atoms with Gasteiger partial charge in [0.15, 0.2) is 5.50 Å². The predicted molar refractivity (Wildman–Crippen MR) is 130 cm³/mol. The van der Waals surface area contributed by atoms with E-state index in [2.05, 4.69) is 53.3 Å². The van der Waals surface area contributed by atoms with E-state index in [0.29, 0.717) is 30.9 Å². The molecular formula is C23H33N5O4S. The molecule has 0 saturated carbocycles. The second-order valence-electron chi connectivity index (χ2n) is 9.53. The lowest BCUT2D eigenvalue weighted by molar-refractivity contribution is -0.168. The summed E-state index contributed by atoms with van der Waals surface area (Å²) < 4.78 is 6.01. The standard InChI is InChI=1S/C23H33N5O4S/c1-23(2)14-18-20(21(30)24-23)33-22(28(18)32-15-29)27-11-12-31-19-13-16(7-8-17(19)27)26(5)10-6-9-25(3)4/h7-8,13,15,22H,6,9-12,14H2,1-5H3,(H,24,30). The monoisotopic (exact) mass is 475 g/mol. The van der Waals surface area contributed by atoms with Gasteiger partial charge in [-0.25, -0.2) is 0 Å². The summed E-state index contributed by atoms with van der Waals surface area (Å²) in [5.74, 6) is 0.663. The number of amides is 1. The van der Waals surface area contributed by atoms with Crippen molar-refractivity contribution in [3.63, 3.8) is 0 Å². The SMILES string of the molecule is CN(C)CCCN(C)c1ccc2c(c1)OCCN2C1SC2=C(CC(C)(C)NC2=O)N1OC=O. The Morgan fingerprint density at radius 1 is 1.30 bits per heavy atom. The van der Waals surface area contributed by atoms with Crippen molar-refractivity contribution in [3.05, 3.63) is 28.8 Å². The number of hydroxylamine groups is 2. The van der Waals surface area contributed by atoms with Crippen molar-refractivity contribution >= 4 is 35.5 Å². The minimum Gasteiger partial charge on any atom is -0.489 e. The van der Waals surface area contributed by atoms with Crippen molar-refractivity contribution in [2.75, 3.05) is 57.2 Å². The lowest BCUT2D eigenvalue weighted by Crippen LogP contribution is -2.50. The van der Waals surface area contributed by atoms with E-state index in [4.69, 9.17) is 9.57 Å². The molecule has 0 fully saturated rings. The molecule has 3 aliphatic rings. The van der Waals surface area contributed by atoms with E-state index in [0.717, 1.165) is 42.3 Å². The normalized spacial score (nSPS) is 21.4. The highest BCUT2D eigenvalue weighted by Gasteiger charge is 2.47. The van der Waals surface area contributed by atoms with E-state index >= 15 is 0 Å². The number of benzene rings is 1. The molecule has 9 nitrogen and oxygen atoms in total. The highest BCUT2D eigenvalue weighted by atomic mass is 32.2. The van der Waals surface area contributed by atoms with Crippen LogP contribution in [-0.2, 0) is 14.4 Å². The number of fused-ring (bicyclic) bond motifs is 1. The van der Waals surface area contributed by atoms with Crippen LogP contribution in [0.2, 0.25) is 0 Å². The molecule has 1 aromatic rings. The second-order valence-corrected chi connectivity index (χ2v) is 10.6. The third kappa shape index (κ3) is 4.86. The largest absolute Gasteiger partial charge is 0.489 e. The summed E-state index contributed by atoms with van der Waals surface area (Å²) in [5, 5.41) is 4.62. The Kier molecular flexibility index (Phi) is 6.67. The van der Waals surface area contributed by atoms with Gasteiger partial charge in [-0.3, -0.25) is 9.59 Å². The molecule has 1 atom stereocenters. The number of nitrogens with one attached hydrogen (secondary N) is 1. The van der Waals surface area contributed by atoms with Crippen LogP contribution < -0.4 is 19.9 Å². The molecule has 1 aromatic carbocycles. The van der Waals surface area contributed by atoms with Crippen molar-refractivity contribution in [2.24, 2.45) is 0 Å². The molecule has 33 heavy (non-hydrogen) atoms. The molecule has 4 rings (SSSR count). The molecule has 1 N–H and O–H groups in total. The Bertz CT molecular complexity index is 951. The highest BCUT2D eigenvalue weighted by Crippen LogP contribution is 2.48. The van der Waals surface area contributed by atoms with Gasteiger partial charge < -0.3 is 29.6 Å². The third-order valence-electron chi connectivity index (χ3n) is 6.02. The molecule has 3 aliphatic heterocycles. The summed E-state index contributed by atoms with van der Waals surface area (Å²) in [7, 11) is 6.25. The first-order chi connectivity index (χ1) is 15.7. The number of anilines is 2. The maximum atomic E-state index is 12.8. The van der Waals surface area contributed by atoms with Crippen LogP contribution in [0, 0.1) is 0 Å². The van der Waals surface area contributed by atoms with E-state index in [1.54, 1.807) is 5.06 Å². The van der Waals surface area contributed by atoms with Crippen LogP contribution in [0.25, 0.3) is 0 Å². The Morgan fingerprint density at radius 2 is 2.09 bits per heavy atom. The molecule has 0 aromatic heterocycles. The van der Waals surface area contributed by atoms with Gasteiger partial charge in [0.1, 0.15) is 12.4 Å². The van der Waals surface area contributed by atoms with E-state index in [-0.39, 0.29) is 11.4 Å². The lowest BCUT2D eigenvalue weighted by Gasteiger charge is -2.40. The summed E-state index contributed by atoms with van der Waals surface area (Å²) in [4.78, 5) is 36.7. The van der Waals surface area contributed by atoms with Gasteiger partial charge in [-0.05, 0) is 53.0 Å². The van der Waals surface area contributed by atoms with Crippen molar-refractivity contribution in [2.45, 2.75) is 37.7 Å². The number of nitrogens with zero attached hydrogens (tertiary/aromatic N) is 4. The molecule has 0 saturated heterocycles. The summed E-state index contributed by atoms with van der Waals surface area (Å²) >= 11 is 1.41. The van der Waals surface area contributed by atoms with Crippen molar-refractivity contribution in [1.82, 2.24) is 15.3 Å². The average molecular weight is 476 g/mol. The molecule has 0 bridgehead atoms. The molecule has 3 heterocycles. The van der Waals surface area contributed by atoms with Crippen LogP contribution in [0.3, 0.4) is 0 Å². The number of thioether (sulfide) groups is 1. The Morgan fingerprint density at radius 3 is 2.82 bits per heavy atom. The summed E-state index contributed by atoms with van der Waals surface area (Å²) in [6.45, 7) is 7.46. The zero-order valence-electron chi connectivity index (χ0n) is 20.0. The van der Waals surface area contributed by atoms with Crippen LogP contribution >= 0.6 is 11.8 Å². The third-order valence-corrected chi connectivity index (χ3v) is 7.34. The second kappa shape index (κ2) is 9.34. The quantitative estimate of drug-likeness (QED) is 0.570.